The Kier molecular flexibility index (Phi) is 5.30. The molecule has 0 radical (unpaired) electrons. The van der Waals surface area contributed by atoms with Crippen molar-refractivity contribution in [2.75, 3.05) is 19.7 Å². The van der Waals surface area contributed by atoms with Crippen LogP contribution in [0.3, 0.4) is 0 Å². The Morgan fingerprint density at radius 2 is 1.91 bits per heavy atom. The minimum absolute atomic E-state index is 0.112. The number of aliphatic hydroxyl groups is 1. The lowest BCUT2D eigenvalue weighted by atomic mass is 9.94. The summed E-state index contributed by atoms with van der Waals surface area (Å²) < 4.78 is 18.5. The summed E-state index contributed by atoms with van der Waals surface area (Å²) in [6, 6.07) is 5.75. The van der Waals surface area contributed by atoms with Crippen LogP contribution in [0, 0.1) is 11.2 Å². The van der Waals surface area contributed by atoms with Crippen molar-refractivity contribution in [2.45, 2.75) is 45.6 Å². The van der Waals surface area contributed by atoms with Crippen LogP contribution in [-0.4, -0.2) is 41.2 Å². The van der Waals surface area contributed by atoms with E-state index in [0.29, 0.717) is 31.7 Å². The van der Waals surface area contributed by atoms with Gasteiger partial charge in [0.05, 0.1) is 0 Å². The van der Waals surface area contributed by atoms with E-state index in [1.165, 1.54) is 12.1 Å². The number of rotatable bonds is 3. The van der Waals surface area contributed by atoms with E-state index in [2.05, 4.69) is 0 Å². The van der Waals surface area contributed by atoms with E-state index in [1.807, 2.05) is 25.7 Å². The zero-order valence-electron chi connectivity index (χ0n) is 14.1. The standard InChI is InChI=1S/C18H26FNO3/c1-17(2,3)16(21)20-11-4-9-18(22,10-12-20)13-23-15-7-5-14(19)6-8-15/h5-8,22H,4,9-13H2,1-3H3. The lowest BCUT2D eigenvalue weighted by Gasteiger charge is -2.29. The van der Waals surface area contributed by atoms with Gasteiger partial charge in [0.1, 0.15) is 23.8 Å². The molecular formula is C18H26FNO3. The van der Waals surface area contributed by atoms with E-state index in [0.717, 1.165) is 6.42 Å². The lowest BCUT2D eigenvalue weighted by molar-refractivity contribution is -0.139. The van der Waals surface area contributed by atoms with Crippen molar-refractivity contribution in [3.8, 4) is 5.75 Å². The molecule has 1 heterocycles. The summed E-state index contributed by atoms with van der Waals surface area (Å²) in [6.45, 7) is 7.06. The highest BCUT2D eigenvalue weighted by Crippen LogP contribution is 2.26. The van der Waals surface area contributed by atoms with Crippen molar-refractivity contribution < 1.29 is 19.0 Å². The first-order valence-corrected chi connectivity index (χ1v) is 8.10. The maximum Gasteiger partial charge on any atom is 0.227 e. The fraction of sp³-hybridized carbons (Fsp3) is 0.611. The monoisotopic (exact) mass is 323 g/mol. The second-order valence-electron chi connectivity index (χ2n) is 7.36. The first-order chi connectivity index (χ1) is 10.7. The molecular weight excluding hydrogens is 297 g/mol. The number of hydrogen-bond acceptors (Lipinski definition) is 3. The van der Waals surface area contributed by atoms with Crippen LogP contribution in [0.2, 0.25) is 0 Å². The predicted octanol–water partition coefficient (Wildman–Crippen LogP) is 2.99. The number of carbonyl (C=O) groups is 1. The molecule has 1 aromatic rings. The van der Waals surface area contributed by atoms with E-state index in [9.17, 15) is 14.3 Å². The molecule has 23 heavy (non-hydrogen) atoms. The Bertz CT molecular complexity index is 538. The molecule has 0 aliphatic carbocycles. The number of carbonyl (C=O) groups excluding carboxylic acids is 1. The second-order valence-corrected chi connectivity index (χ2v) is 7.36. The molecule has 1 saturated heterocycles. The van der Waals surface area contributed by atoms with Gasteiger partial charge in [0.15, 0.2) is 0 Å². The number of nitrogens with zero attached hydrogens (tertiary/aromatic N) is 1. The smallest absolute Gasteiger partial charge is 0.227 e. The summed E-state index contributed by atoms with van der Waals surface area (Å²) in [5, 5.41) is 10.7. The zero-order chi connectivity index (χ0) is 17.1. The maximum atomic E-state index is 12.9. The van der Waals surface area contributed by atoms with Crippen LogP contribution in [0.1, 0.15) is 40.0 Å². The van der Waals surface area contributed by atoms with E-state index < -0.39 is 11.0 Å². The lowest BCUT2D eigenvalue weighted by Crippen LogP contribution is -2.42. The number of benzene rings is 1. The average Bonchev–Trinajstić information content (AvgIpc) is 2.67. The van der Waals surface area contributed by atoms with Gasteiger partial charge < -0.3 is 14.7 Å². The van der Waals surface area contributed by atoms with Gasteiger partial charge in [-0.05, 0) is 43.5 Å². The molecule has 128 valence electrons. The Balaban J connectivity index is 1.93. The summed E-state index contributed by atoms with van der Waals surface area (Å²) >= 11 is 0. The third-order valence-electron chi connectivity index (χ3n) is 4.17. The molecule has 1 unspecified atom stereocenters. The van der Waals surface area contributed by atoms with Gasteiger partial charge in [0, 0.05) is 18.5 Å². The number of amides is 1. The third-order valence-corrected chi connectivity index (χ3v) is 4.17. The largest absolute Gasteiger partial charge is 0.491 e. The Morgan fingerprint density at radius 1 is 1.26 bits per heavy atom. The summed E-state index contributed by atoms with van der Waals surface area (Å²) in [6.07, 6.45) is 1.81. The highest BCUT2D eigenvalue weighted by atomic mass is 19.1. The SMILES string of the molecule is CC(C)(C)C(=O)N1CCCC(O)(COc2ccc(F)cc2)CC1. The minimum atomic E-state index is -0.957. The average molecular weight is 323 g/mol. The Labute approximate surface area is 137 Å². The number of ether oxygens (including phenoxy) is 1. The molecule has 1 aliphatic rings. The van der Waals surface area contributed by atoms with Crippen molar-refractivity contribution in [2.24, 2.45) is 5.41 Å². The summed E-state index contributed by atoms with van der Waals surface area (Å²) in [4.78, 5) is 14.2. The van der Waals surface area contributed by atoms with Crippen LogP contribution in [0.5, 0.6) is 5.75 Å². The molecule has 1 fully saturated rings. The van der Waals surface area contributed by atoms with Crippen molar-refractivity contribution in [1.29, 1.82) is 0 Å². The van der Waals surface area contributed by atoms with Crippen LogP contribution in [-0.2, 0) is 4.79 Å². The predicted molar refractivity (Wildman–Crippen MR) is 86.7 cm³/mol. The van der Waals surface area contributed by atoms with E-state index in [-0.39, 0.29) is 18.3 Å². The second kappa shape index (κ2) is 6.87. The van der Waals surface area contributed by atoms with E-state index in [4.69, 9.17) is 4.74 Å². The molecule has 5 heteroatoms. The normalized spacial score (nSPS) is 22.6. The topological polar surface area (TPSA) is 49.8 Å². The quantitative estimate of drug-likeness (QED) is 0.930. The first kappa shape index (κ1) is 17.7. The molecule has 1 amide bonds. The molecule has 1 aliphatic heterocycles. The van der Waals surface area contributed by atoms with Gasteiger partial charge in [-0.25, -0.2) is 4.39 Å². The Hall–Kier alpha value is -1.62. The molecule has 0 aromatic heterocycles. The highest BCUT2D eigenvalue weighted by molar-refractivity contribution is 5.81. The molecule has 4 nitrogen and oxygen atoms in total. The van der Waals surface area contributed by atoms with Crippen molar-refractivity contribution in [3.05, 3.63) is 30.1 Å². The van der Waals surface area contributed by atoms with Crippen LogP contribution >= 0.6 is 0 Å². The summed E-state index contributed by atoms with van der Waals surface area (Å²) in [7, 11) is 0. The first-order valence-electron chi connectivity index (χ1n) is 8.10. The molecule has 0 spiro atoms. The van der Waals surface area contributed by atoms with E-state index in [1.54, 1.807) is 12.1 Å². The number of likely N-dealkylation sites (tertiary alicyclic amines) is 1. The van der Waals surface area contributed by atoms with Gasteiger partial charge in [0.2, 0.25) is 5.91 Å². The van der Waals surface area contributed by atoms with Crippen molar-refractivity contribution in [1.82, 2.24) is 4.90 Å². The number of halogens is 1. The van der Waals surface area contributed by atoms with Gasteiger partial charge in [-0.2, -0.15) is 0 Å². The maximum absolute atomic E-state index is 12.9. The van der Waals surface area contributed by atoms with Gasteiger partial charge in [0.25, 0.3) is 0 Å². The van der Waals surface area contributed by atoms with Gasteiger partial charge >= 0.3 is 0 Å². The fourth-order valence-electron chi connectivity index (χ4n) is 2.75. The van der Waals surface area contributed by atoms with Gasteiger partial charge in [-0.15, -0.1) is 0 Å². The third kappa shape index (κ3) is 4.93. The van der Waals surface area contributed by atoms with Crippen molar-refractivity contribution in [3.63, 3.8) is 0 Å². The van der Waals surface area contributed by atoms with Crippen LogP contribution in [0.15, 0.2) is 24.3 Å². The van der Waals surface area contributed by atoms with Gasteiger partial charge in [-0.3, -0.25) is 4.79 Å². The zero-order valence-corrected chi connectivity index (χ0v) is 14.1. The Morgan fingerprint density at radius 3 is 2.52 bits per heavy atom. The van der Waals surface area contributed by atoms with Crippen LogP contribution in [0.4, 0.5) is 4.39 Å². The molecule has 1 atom stereocenters. The molecule has 1 N–H and O–H groups in total. The minimum Gasteiger partial charge on any atom is -0.491 e. The van der Waals surface area contributed by atoms with E-state index >= 15 is 0 Å². The fourth-order valence-corrected chi connectivity index (χ4v) is 2.75. The molecule has 0 saturated carbocycles. The summed E-state index contributed by atoms with van der Waals surface area (Å²) in [5.41, 5.74) is -1.37. The molecule has 2 rings (SSSR count). The van der Waals surface area contributed by atoms with Crippen molar-refractivity contribution >= 4 is 5.91 Å². The number of hydrogen-bond donors (Lipinski definition) is 1. The van der Waals surface area contributed by atoms with Crippen LogP contribution < -0.4 is 4.74 Å². The summed E-state index contributed by atoms with van der Waals surface area (Å²) in [5.74, 6) is 0.328. The highest BCUT2D eigenvalue weighted by Gasteiger charge is 2.35. The molecule has 1 aromatic carbocycles. The molecule has 0 bridgehead atoms. The van der Waals surface area contributed by atoms with Crippen LogP contribution in [0.25, 0.3) is 0 Å². The van der Waals surface area contributed by atoms with Gasteiger partial charge in [-0.1, -0.05) is 20.8 Å².